The third-order valence-electron chi connectivity index (χ3n) is 0.957. The fraction of sp³-hybridized carbons (Fsp3) is 0.778. The first-order valence-corrected chi connectivity index (χ1v) is 3.82. The molecule has 0 aromatic carbocycles. The molecule has 60 valence electrons. The van der Waals surface area contributed by atoms with Crippen LogP contribution in [0.4, 0.5) is 0 Å². The van der Waals surface area contributed by atoms with Gasteiger partial charge in [-0.3, -0.25) is 0 Å². The highest BCUT2D eigenvalue weighted by molar-refractivity contribution is 4.97. The second-order valence-corrected chi connectivity index (χ2v) is 1.81. The first-order chi connectivity index (χ1) is 4.91. The van der Waals surface area contributed by atoms with Crippen molar-refractivity contribution in [1.29, 1.82) is 0 Å². The Balaban J connectivity index is 0. The molecule has 0 amide bonds. The molecule has 0 fully saturated rings. The molecule has 0 spiro atoms. The molecular weight excluding hydrogens is 124 g/mol. The zero-order valence-electron chi connectivity index (χ0n) is 7.28. The van der Waals surface area contributed by atoms with Crippen LogP contribution >= 0.6 is 0 Å². The highest BCUT2D eigenvalue weighted by Gasteiger charge is 1.73. The van der Waals surface area contributed by atoms with E-state index in [1.165, 1.54) is 12.8 Å². The third kappa shape index (κ3) is 15.6. The molecule has 0 aliphatic rings. The van der Waals surface area contributed by atoms with Gasteiger partial charge in [-0.2, -0.15) is 0 Å². The molecular formula is C9H18O. The minimum absolute atomic E-state index is 1.00. The van der Waals surface area contributed by atoms with Gasteiger partial charge < -0.3 is 5.11 Å². The summed E-state index contributed by atoms with van der Waals surface area (Å²) in [5.74, 6) is 6.12. The van der Waals surface area contributed by atoms with Crippen LogP contribution < -0.4 is 0 Å². The summed E-state index contributed by atoms with van der Waals surface area (Å²) in [6, 6.07) is 0. The van der Waals surface area contributed by atoms with Crippen LogP contribution in [0.15, 0.2) is 0 Å². The Morgan fingerprint density at radius 3 is 2.10 bits per heavy atom. The van der Waals surface area contributed by atoms with Crippen molar-refractivity contribution in [2.24, 2.45) is 0 Å². The van der Waals surface area contributed by atoms with Gasteiger partial charge in [0.2, 0.25) is 0 Å². The predicted octanol–water partition coefficient (Wildman–Crippen LogP) is 2.20. The van der Waals surface area contributed by atoms with E-state index in [1.54, 1.807) is 0 Å². The van der Waals surface area contributed by atoms with Crippen molar-refractivity contribution < 1.29 is 5.11 Å². The summed E-state index contributed by atoms with van der Waals surface area (Å²) < 4.78 is 0. The van der Waals surface area contributed by atoms with Crippen molar-refractivity contribution in [2.75, 3.05) is 7.11 Å². The Kier molecular flexibility index (Phi) is 19.3. The van der Waals surface area contributed by atoms with Crippen LogP contribution in [0.2, 0.25) is 0 Å². The molecule has 0 atom stereocenters. The molecule has 0 rings (SSSR count). The molecule has 1 heteroatoms. The van der Waals surface area contributed by atoms with Gasteiger partial charge in [-0.15, -0.1) is 11.8 Å². The van der Waals surface area contributed by atoms with Gasteiger partial charge in [0.1, 0.15) is 0 Å². The zero-order chi connectivity index (χ0) is 8.24. The van der Waals surface area contributed by atoms with Crippen molar-refractivity contribution in [3.8, 4) is 11.8 Å². The molecule has 1 nitrogen and oxygen atoms in total. The second-order valence-electron chi connectivity index (χ2n) is 1.81. The van der Waals surface area contributed by atoms with Crippen LogP contribution in [0.3, 0.4) is 0 Å². The van der Waals surface area contributed by atoms with Crippen molar-refractivity contribution in [2.45, 2.75) is 39.5 Å². The number of unbranched alkanes of at least 4 members (excludes halogenated alkanes) is 2. The summed E-state index contributed by atoms with van der Waals surface area (Å²) in [4.78, 5) is 0. The van der Waals surface area contributed by atoms with E-state index in [1.807, 2.05) is 0 Å². The van der Waals surface area contributed by atoms with Gasteiger partial charge in [0.05, 0.1) is 0 Å². The first kappa shape index (κ1) is 12.2. The van der Waals surface area contributed by atoms with E-state index in [9.17, 15) is 0 Å². The summed E-state index contributed by atoms with van der Waals surface area (Å²) >= 11 is 0. The van der Waals surface area contributed by atoms with E-state index >= 15 is 0 Å². The van der Waals surface area contributed by atoms with Crippen molar-refractivity contribution in [3.05, 3.63) is 0 Å². The molecule has 0 aliphatic carbocycles. The Morgan fingerprint density at radius 2 is 1.70 bits per heavy atom. The van der Waals surface area contributed by atoms with Crippen LogP contribution in [0.25, 0.3) is 0 Å². The minimum atomic E-state index is 1.00. The number of rotatable bonds is 2. The van der Waals surface area contributed by atoms with Gasteiger partial charge in [-0.05, 0) is 6.42 Å². The molecule has 0 aromatic rings. The van der Waals surface area contributed by atoms with Crippen molar-refractivity contribution in [3.63, 3.8) is 0 Å². The maximum Gasteiger partial charge on any atom is 0.0319 e. The van der Waals surface area contributed by atoms with Gasteiger partial charge in [-0.25, -0.2) is 0 Å². The van der Waals surface area contributed by atoms with E-state index in [0.717, 1.165) is 20.0 Å². The van der Waals surface area contributed by atoms with E-state index in [4.69, 9.17) is 5.11 Å². The molecule has 0 aliphatic heterocycles. The van der Waals surface area contributed by atoms with E-state index < -0.39 is 0 Å². The van der Waals surface area contributed by atoms with Crippen LogP contribution in [0, 0.1) is 11.8 Å². The quantitative estimate of drug-likeness (QED) is 0.463. The second kappa shape index (κ2) is 15.8. The Hall–Kier alpha value is -0.480. The molecule has 0 bridgehead atoms. The van der Waals surface area contributed by atoms with Crippen molar-refractivity contribution in [1.82, 2.24) is 0 Å². The van der Waals surface area contributed by atoms with E-state index in [-0.39, 0.29) is 0 Å². The maximum atomic E-state index is 7.00. The minimum Gasteiger partial charge on any atom is -0.400 e. The molecule has 1 N–H and O–H groups in total. The molecule has 0 saturated carbocycles. The smallest absolute Gasteiger partial charge is 0.0319 e. The predicted molar refractivity (Wildman–Crippen MR) is 45.7 cm³/mol. The Labute approximate surface area is 64.5 Å². The van der Waals surface area contributed by atoms with Gasteiger partial charge in [-0.1, -0.05) is 20.3 Å². The van der Waals surface area contributed by atoms with Crippen molar-refractivity contribution >= 4 is 0 Å². The van der Waals surface area contributed by atoms with E-state index in [0.29, 0.717) is 0 Å². The SMILES string of the molecule is CCC#CCCCC.CO. The molecule has 0 saturated heterocycles. The van der Waals surface area contributed by atoms with Crippen LogP contribution in [0.5, 0.6) is 0 Å². The third-order valence-corrected chi connectivity index (χ3v) is 0.957. The summed E-state index contributed by atoms with van der Waals surface area (Å²) in [5, 5.41) is 7.00. The number of hydrogen-bond donors (Lipinski definition) is 1. The standard InChI is InChI=1S/C8H14.CH4O/c1-3-5-7-8-6-4-2;1-2/h3-5,7H2,1-2H3;2H,1H3. The lowest BCUT2D eigenvalue weighted by molar-refractivity contribution is 0.399. The Morgan fingerprint density at radius 1 is 1.10 bits per heavy atom. The first-order valence-electron chi connectivity index (χ1n) is 3.82. The Bertz CT molecular complexity index is 86.6. The number of hydrogen-bond acceptors (Lipinski definition) is 1. The summed E-state index contributed by atoms with van der Waals surface area (Å²) in [6.45, 7) is 4.27. The lowest BCUT2D eigenvalue weighted by Gasteiger charge is -1.81. The zero-order valence-corrected chi connectivity index (χ0v) is 7.28. The number of aliphatic hydroxyl groups is 1. The molecule has 0 heterocycles. The lowest BCUT2D eigenvalue weighted by Crippen LogP contribution is -1.65. The molecule has 0 aromatic heterocycles. The lowest BCUT2D eigenvalue weighted by atomic mass is 10.2. The van der Waals surface area contributed by atoms with Gasteiger partial charge in [0, 0.05) is 20.0 Å². The van der Waals surface area contributed by atoms with Gasteiger partial charge >= 0.3 is 0 Å². The average molecular weight is 142 g/mol. The summed E-state index contributed by atoms with van der Waals surface area (Å²) in [7, 11) is 1.00. The average Bonchev–Trinajstić information content (AvgIpc) is 2.02. The molecule has 10 heavy (non-hydrogen) atoms. The summed E-state index contributed by atoms with van der Waals surface area (Å²) in [6.07, 6.45) is 4.61. The molecule has 0 unspecified atom stereocenters. The largest absolute Gasteiger partial charge is 0.400 e. The molecule has 0 radical (unpaired) electrons. The topological polar surface area (TPSA) is 20.2 Å². The fourth-order valence-corrected chi connectivity index (χ4v) is 0.479. The van der Waals surface area contributed by atoms with Crippen LogP contribution in [-0.2, 0) is 0 Å². The normalized spacial score (nSPS) is 6.80. The van der Waals surface area contributed by atoms with Gasteiger partial charge in [0.15, 0.2) is 0 Å². The monoisotopic (exact) mass is 142 g/mol. The fourth-order valence-electron chi connectivity index (χ4n) is 0.479. The van der Waals surface area contributed by atoms with Crippen LogP contribution in [-0.4, -0.2) is 12.2 Å². The maximum absolute atomic E-state index is 7.00. The van der Waals surface area contributed by atoms with Gasteiger partial charge in [0.25, 0.3) is 0 Å². The number of aliphatic hydroxyl groups excluding tert-OH is 1. The summed E-state index contributed by atoms with van der Waals surface area (Å²) in [5.41, 5.74) is 0. The van der Waals surface area contributed by atoms with E-state index in [2.05, 4.69) is 25.7 Å². The van der Waals surface area contributed by atoms with Crippen LogP contribution in [0.1, 0.15) is 39.5 Å². The highest BCUT2D eigenvalue weighted by atomic mass is 16.2. The highest BCUT2D eigenvalue weighted by Crippen LogP contribution is 1.90.